The fourth-order valence-electron chi connectivity index (χ4n) is 1.81. The van der Waals surface area contributed by atoms with Gasteiger partial charge in [0.1, 0.15) is 6.10 Å². The minimum absolute atomic E-state index is 0.513. The fourth-order valence-corrected chi connectivity index (χ4v) is 1.81. The van der Waals surface area contributed by atoms with Crippen molar-refractivity contribution < 1.29 is 10.2 Å². The summed E-state index contributed by atoms with van der Waals surface area (Å²) in [6.45, 7) is 0.671. The van der Waals surface area contributed by atoms with Gasteiger partial charge in [-0.15, -0.1) is 0 Å². The van der Waals surface area contributed by atoms with E-state index in [1.807, 2.05) is 25.2 Å². The van der Waals surface area contributed by atoms with Gasteiger partial charge in [-0.1, -0.05) is 12.1 Å². The summed E-state index contributed by atoms with van der Waals surface area (Å²) >= 11 is 0. The van der Waals surface area contributed by atoms with Gasteiger partial charge < -0.3 is 15.5 Å². The number of hydrogen-bond acceptors (Lipinski definition) is 4. The van der Waals surface area contributed by atoms with E-state index in [-0.39, 0.29) is 0 Å². The molecular weight excluding hydrogens is 218 g/mol. The van der Waals surface area contributed by atoms with Crippen molar-refractivity contribution >= 4 is 10.9 Å². The van der Waals surface area contributed by atoms with Crippen molar-refractivity contribution in [2.75, 3.05) is 13.6 Å². The summed E-state index contributed by atoms with van der Waals surface area (Å²) in [6.07, 6.45) is 0.612. The molecular formula is C12H17N3O2. The van der Waals surface area contributed by atoms with E-state index in [0.717, 1.165) is 10.9 Å². The molecule has 0 aliphatic carbocycles. The molecule has 0 fully saturated rings. The molecule has 2 atom stereocenters. The Labute approximate surface area is 99.5 Å². The third-order valence-corrected chi connectivity index (χ3v) is 2.86. The van der Waals surface area contributed by atoms with Crippen LogP contribution in [0.25, 0.3) is 10.9 Å². The Morgan fingerprint density at radius 3 is 3.00 bits per heavy atom. The molecule has 4 N–H and O–H groups in total. The fraction of sp³-hybridized carbons (Fsp3) is 0.417. The molecule has 5 nitrogen and oxygen atoms in total. The second kappa shape index (κ2) is 5.27. The number of H-pyrrole nitrogens is 1. The number of hydrogen-bond donors (Lipinski definition) is 4. The number of nitrogens with one attached hydrogen (secondary N) is 2. The van der Waals surface area contributed by atoms with Gasteiger partial charge in [0.05, 0.1) is 17.8 Å². The van der Waals surface area contributed by atoms with Gasteiger partial charge in [0.2, 0.25) is 0 Å². The van der Waals surface area contributed by atoms with Gasteiger partial charge in [0, 0.05) is 5.39 Å². The lowest BCUT2D eigenvalue weighted by atomic mass is 10.0. The third kappa shape index (κ3) is 2.63. The van der Waals surface area contributed by atoms with Crippen LogP contribution >= 0.6 is 0 Å². The van der Waals surface area contributed by atoms with E-state index in [9.17, 15) is 10.2 Å². The van der Waals surface area contributed by atoms with Crippen molar-refractivity contribution in [3.63, 3.8) is 0 Å². The molecule has 0 spiro atoms. The first kappa shape index (κ1) is 12.0. The van der Waals surface area contributed by atoms with Crippen LogP contribution in [0, 0.1) is 0 Å². The van der Waals surface area contributed by atoms with Crippen LogP contribution in [-0.4, -0.2) is 40.1 Å². The van der Waals surface area contributed by atoms with Crippen molar-refractivity contribution in [1.29, 1.82) is 0 Å². The zero-order valence-electron chi connectivity index (χ0n) is 9.72. The van der Waals surface area contributed by atoms with E-state index in [0.29, 0.717) is 18.5 Å². The highest BCUT2D eigenvalue weighted by atomic mass is 16.3. The van der Waals surface area contributed by atoms with Crippen molar-refractivity contribution in [1.82, 2.24) is 15.5 Å². The normalized spacial score (nSPS) is 15.0. The molecule has 17 heavy (non-hydrogen) atoms. The molecule has 5 heteroatoms. The second-order valence-electron chi connectivity index (χ2n) is 4.12. The van der Waals surface area contributed by atoms with E-state index in [1.54, 1.807) is 6.20 Å². The first-order chi connectivity index (χ1) is 8.22. The molecule has 0 aliphatic rings. The molecule has 1 heterocycles. The molecule has 0 amide bonds. The van der Waals surface area contributed by atoms with Gasteiger partial charge in [0.15, 0.2) is 0 Å². The first-order valence-electron chi connectivity index (χ1n) is 5.66. The minimum atomic E-state index is -0.865. The van der Waals surface area contributed by atoms with Crippen LogP contribution in [0.4, 0.5) is 0 Å². The van der Waals surface area contributed by atoms with Gasteiger partial charge in [-0.2, -0.15) is 5.10 Å². The number of aliphatic hydroxyl groups is 2. The van der Waals surface area contributed by atoms with Crippen LogP contribution in [0.2, 0.25) is 0 Å². The van der Waals surface area contributed by atoms with Gasteiger partial charge >= 0.3 is 0 Å². The summed E-state index contributed by atoms with van der Waals surface area (Å²) in [6, 6.07) is 5.50. The second-order valence-corrected chi connectivity index (χ2v) is 4.12. The van der Waals surface area contributed by atoms with Crippen molar-refractivity contribution in [2.45, 2.75) is 18.6 Å². The standard InChI is InChI=1S/C12H17N3O2/c1-13-5-4-11(16)12(17)8-2-3-9-7-14-15-10(9)6-8/h2-3,6-7,11-13,16-17H,4-5H2,1H3,(H,14,15). The third-order valence-electron chi connectivity index (χ3n) is 2.86. The quantitative estimate of drug-likeness (QED) is 0.610. The Kier molecular flexibility index (Phi) is 3.73. The summed E-state index contributed by atoms with van der Waals surface area (Å²) in [5.74, 6) is 0. The molecule has 1 aromatic heterocycles. The summed E-state index contributed by atoms with van der Waals surface area (Å²) in [5.41, 5.74) is 1.56. The molecule has 2 rings (SSSR count). The summed E-state index contributed by atoms with van der Waals surface area (Å²) < 4.78 is 0. The Balaban J connectivity index is 2.14. The molecule has 2 unspecified atom stereocenters. The molecule has 0 radical (unpaired) electrons. The van der Waals surface area contributed by atoms with E-state index >= 15 is 0 Å². The average Bonchev–Trinajstić information content (AvgIpc) is 2.81. The number of benzene rings is 1. The van der Waals surface area contributed by atoms with Crippen LogP contribution < -0.4 is 5.32 Å². The smallest absolute Gasteiger partial charge is 0.105 e. The lowest BCUT2D eigenvalue weighted by Gasteiger charge is -2.18. The minimum Gasteiger partial charge on any atom is -0.390 e. The predicted molar refractivity (Wildman–Crippen MR) is 65.6 cm³/mol. The molecule has 2 aromatic rings. The first-order valence-corrected chi connectivity index (χ1v) is 5.66. The zero-order valence-corrected chi connectivity index (χ0v) is 9.72. The number of fused-ring (bicyclic) bond motifs is 1. The van der Waals surface area contributed by atoms with Crippen LogP contribution in [-0.2, 0) is 0 Å². The summed E-state index contributed by atoms with van der Waals surface area (Å²) in [5, 5.41) is 30.5. The van der Waals surface area contributed by atoms with Crippen LogP contribution in [0.1, 0.15) is 18.1 Å². The largest absolute Gasteiger partial charge is 0.390 e. The van der Waals surface area contributed by atoms with E-state index in [1.165, 1.54) is 0 Å². The SMILES string of the molecule is CNCCC(O)C(O)c1ccc2cn[nH]c2c1. The molecule has 0 saturated heterocycles. The lowest BCUT2D eigenvalue weighted by Crippen LogP contribution is -2.23. The zero-order chi connectivity index (χ0) is 12.3. The van der Waals surface area contributed by atoms with Crippen molar-refractivity contribution in [2.24, 2.45) is 0 Å². The Bertz CT molecular complexity index is 483. The number of aromatic amines is 1. The van der Waals surface area contributed by atoms with Crippen LogP contribution in [0.3, 0.4) is 0 Å². The van der Waals surface area contributed by atoms with Gasteiger partial charge in [-0.25, -0.2) is 0 Å². The lowest BCUT2D eigenvalue weighted by molar-refractivity contribution is 0.0141. The average molecular weight is 235 g/mol. The Morgan fingerprint density at radius 1 is 1.41 bits per heavy atom. The summed E-state index contributed by atoms with van der Waals surface area (Å²) in [4.78, 5) is 0. The maximum Gasteiger partial charge on any atom is 0.105 e. The van der Waals surface area contributed by atoms with Gasteiger partial charge in [0.25, 0.3) is 0 Å². The molecule has 0 aliphatic heterocycles. The number of aliphatic hydroxyl groups excluding tert-OH is 2. The highest BCUT2D eigenvalue weighted by Crippen LogP contribution is 2.22. The highest BCUT2D eigenvalue weighted by molar-refractivity contribution is 5.78. The Hall–Kier alpha value is -1.43. The van der Waals surface area contributed by atoms with E-state index in [4.69, 9.17) is 0 Å². The monoisotopic (exact) mass is 235 g/mol. The van der Waals surface area contributed by atoms with E-state index < -0.39 is 12.2 Å². The maximum atomic E-state index is 10.0. The highest BCUT2D eigenvalue weighted by Gasteiger charge is 2.18. The van der Waals surface area contributed by atoms with Gasteiger partial charge in [-0.3, -0.25) is 5.10 Å². The number of nitrogens with zero attached hydrogens (tertiary/aromatic N) is 1. The summed E-state index contributed by atoms with van der Waals surface area (Å²) in [7, 11) is 1.82. The molecule has 1 aromatic carbocycles. The number of aromatic nitrogens is 2. The van der Waals surface area contributed by atoms with E-state index in [2.05, 4.69) is 15.5 Å². The van der Waals surface area contributed by atoms with Gasteiger partial charge in [-0.05, 0) is 31.6 Å². The van der Waals surface area contributed by atoms with Crippen molar-refractivity contribution in [3.05, 3.63) is 30.0 Å². The van der Waals surface area contributed by atoms with Crippen molar-refractivity contribution in [3.8, 4) is 0 Å². The number of rotatable bonds is 5. The van der Waals surface area contributed by atoms with Crippen LogP contribution in [0.5, 0.6) is 0 Å². The Morgan fingerprint density at radius 2 is 2.24 bits per heavy atom. The molecule has 92 valence electrons. The predicted octanol–water partition coefficient (Wildman–Crippen LogP) is 0.567. The van der Waals surface area contributed by atoms with Crippen LogP contribution in [0.15, 0.2) is 24.4 Å². The molecule has 0 saturated carbocycles. The maximum absolute atomic E-state index is 10.0. The topological polar surface area (TPSA) is 81.2 Å². The molecule has 0 bridgehead atoms.